The van der Waals surface area contributed by atoms with Gasteiger partial charge in [0, 0.05) is 46.7 Å². The van der Waals surface area contributed by atoms with Crippen LogP contribution in [0.1, 0.15) is 11.1 Å². The second kappa shape index (κ2) is 8.41. The van der Waals surface area contributed by atoms with Crippen LogP contribution in [-0.4, -0.2) is 47.2 Å². The Morgan fingerprint density at radius 2 is 2.38 bits per heavy atom. The predicted octanol–water partition coefficient (Wildman–Crippen LogP) is 1.73. The average molecular weight is 327 g/mol. The van der Waals surface area contributed by atoms with E-state index in [0.717, 1.165) is 17.9 Å². The van der Waals surface area contributed by atoms with Gasteiger partial charge >= 0.3 is 0 Å². The Labute approximate surface area is 133 Å². The summed E-state index contributed by atoms with van der Waals surface area (Å²) < 4.78 is 5.36. The lowest BCUT2D eigenvalue weighted by Gasteiger charge is -2.21. The number of methoxy groups -OCH3 is 1. The number of nitrogens with one attached hydrogen (secondary N) is 1. The van der Waals surface area contributed by atoms with E-state index in [1.54, 1.807) is 13.2 Å². The number of ether oxygens (including phenoxy) is 1. The molecule has 1 fully saturated rings. The molecular weight excluding hydrogens is 306 g/mol. The Balaban J connectivity index is 1.96. The SMILES string of the molecule is COc1ccc(/C(N)=N/O)cc1CNCC1CSCCS1. The lowest BCUT2D eigenvalue weighted by Crippen LogP contribution is -2.28. The van der Waals surface area contributed by atoms with Crippen molar-refractivity contribution in [2.24, 2.45) is 10.9 Å². The maximum Gasteiger partial charge on any atom is 0.170 e. The molecule has 21 heavy (non-hydrogen) atoms. The van der Waals surface area contributed by atoms with Gasteiger partial charge in [0.25, 0.3) is 0 Å². The van der Waals surface area contributed by atoms with Gasteiger partial charge in [-0.3, -0.25) is 0 Å². The average Bonchev–Trinajstić information content (AvgIpc) is 2.55. The van der Waals surface area contributed by atoms with Crippen LogP contribution in [0.2, 0.25) is 0 Å². The molecule has 0 aliphatic carbocycles. The van der Waals surface area contributed by atoms with Gasteiger partial charge < -0.3 is 21.0 Å². The molecule has 1 unspecified atom stereocenters. The van der Waals surface area contributed by atoms with Crippen molar-refractivity contribution in [3.63, 3.8) is 0 Å². The van der Waals surface area contributed by atoms with Crippen LogP contribution in [-0.2, 0) is 6.54 Å². The number of hydrogen-bond acceptors (Lipinski definition) is 6. The lowest BCUT2D eigenvalue weighted by atomic mass is 10.1. The summed E-state index contributed by atoms with van der Waals surface area (Å²) in [6, 6.07) is 5.52. The van der Waals surface area contributed by atoms with Crippen molar-refractivity contribution in [2.45, 2.75) is 11.8 Å². The first-order chi connectivity index (χ1) is 10.2. The number of rotatable bonds is 6. The maximum atomic E-state index is 8.76. The van der Waals surface area contributed by atoms with E-state index >= 15 is 0 Å². The van der Waals surface area contributed by atoms with E-state index in [4.69, 9.17) is 15.7 Å². The zero-order valence-corrected chi connectivity index (χ0v) is 13.7. The number of thioether (sulfide) groups is 2. The quantitative estimate of drug-likeness (QED) is 0.320. The third kappa shape index (κ3) is 4.72. The van der Waals surface area contributed by atoms with E-state index in [9.17, 15) is 0 Å². The fourth-order valence-electron chi connectivity index (χ4n) is 2.16. The minimum atomic E-state index is 0.109. The summed E-state index contributed by atoms with van der Waals surface area (Å²) >= 11 is 4.05. The van der Waals surface area contributed by atoms with Gasteiger partial charge in [-0.1, -0.05) is 5.16 Å². The molecule has 5 nitrogen and oxygen atoms in total. The first kappa shape index (κ1) is 16.3. The van der Waals surface area contributed by atoms with Crippen molar-refractivity contribution in [3.8, 4) is 5.75 Å². The molecule has 1 aromatic rings. The number of hydrogen-bond donors (Lipinski definition) is 3. The third-order valence-corrected chi connectivity index (χ3v) is 6.10. The normalized spacial score (nSPS) is 19.5. The predicted molar refractivity (Wildman–Crippen MR) is 90.8 cm³/mol. The molecule has 0 spiro atoms. The van der Waals surface area contributed by atoms with Crippen molar-refractivity contribution in [2.75, 3.05) is 30.9 Å². The van der Waals surface area contributed by atoms with Crippen LogP contribution in [0.3, 0.4) is 0 Å². The van der Waals surface area contributed by atoms with E-state index < -0.39 is 0 Å². The van der Waals surface area contributed by atoms with E-state index in [-0.39, 0.29) is 5.84 Å². The minimum Gasteiger partial charge on any atom is -0.496 e. The second-order valence-electron chi connectivity index (χ2n) is 4.71. The van der Waals surface area contributed by atoms with Crippen LogP contribution < -0.4 is 15.8 Å². The highest BCUT2D eigenvalue weighted by molar-refractivity contribution is 8.06. The number of amidine groups is 1. The highest BCUT2D eigenvalue weighted by Gasteiger charge is 2.14. The first-order valence-electron chi connectivity index (χ1n) is 6.79. The number of nitrogens with zero attached hydrogens (tertiary/aromatic N) is 1. The van der Waals surface area contributed by atoms with Gasteiger partial charge in [-0.15, -0.1) is 0 Å². The van der Waals surface area contributed by atoms with Crippen molar-refractivity contribution >= 4 is 29.4 Å². The Morgan fingerprint density at radius 3 is 3.05 bits per heavy atom. The summed E-state index contributed by atoms with van der Waals surface area (Å²) in [7, 11) is 1.65. The van der Waals surface area contributed by atoms with Crippen molar-refractivity contribution in [1.82, 2.24) is 5.32 Å². The Morgan fingerprint density at radius 1 is 1.52 bits per heavy atom. The molecule has 1 aliphatic rings. The summed E-state index contributed by atoms with van der Waals surface area (Å²) in [6.45, 7) is 1.69. The minimum absolute atomic E-state index is 0.109. The fraction of sp³-hybridized carbons (Fsp3) is 0.500. The van der Waals surface area contributed by atoms with E-state index in [1.165, 1.54) is 17.3 Å². The third-order valence-electron chi connectivity index (χ3n) is 3.26. The van der Waals surface area contributed by atoms with Crippen LogP contribution in [0.15, 0.2) is 23.4 Å². The molecule has 0 saturated carbocycles. The van der Waals surface area contributed by atoms with Gasteiger partial charge in [0.05, 0.1) is 7.11 Å². The van der Waals surface area contributed by atoms with Gasteiger partial charge in [-0.25, -0.2) is 0 Å². The summed E-state index contributed by atoms with van der Waals surface area (Å²) in [5.74, 6) is 4.62. The highest BCUT2D eigenvalue weighted by atomic mass is 32.2. The number of oxime groups is 1. The summed E-state index contributed by atoms with van der Waals surface area (Å²) in [5.41, 5.74) is 7.33. The van der Waals surface area contributed by atoms with E-state index in [0.29, 0.717) is 17.4 Å². The smallest absolute Gasteiger partial charge is 0.170 e. The zero-order valence-electron chi connectivity index (χ0n) is 12.0. The topological polar surface area (TPSA) is 79.9 Å². The van der Waals surface area contributed by atoms with Crippen molar-refractivity contribution in [1.29, 1.82) is 0 Å². The molecule has 1 aliphatic heterocycles. The van der Waals surface area contributed by atoms with Crippen molar-refractivity contribution in [3.05, 3.63) is 29.3 Å². The molecule has 1 heterocycles. The highest BCUT2D eigenvalue weighted by Crippen LogP contribution is 2.24. The largest absolute Gasteiger partial charge is 0.496 e. The van der Waals surface area contributed by atoms with Crippen LogP contribution in [0, 0.1) is 0 Å². The molecule has 0 bridgehead atoms. The summed E-state index contributed by atoms with van der Waals surface area (Å²) in [5, 5.41) is 15.9. The lowest BCUT2D eigenvalue weighted by molar-refractivity contribution is 0.318. The summed E-state index contributed by atoms with van der Waals surface area (Å²) in [4.78, 5) is 0. The first-order valence-corrected chi connectivity index (χ1v) is 9.00. The van der Waals surface area contributed by atoms with Crippen LogP contribution in [0.5, 0.6) is 5.75 Å². The van der Waals surface area contributed by atoms with Gasteiger partial charge in [-0.2, -0.15) is 23.5 Å². The molecule has 0 aromatic heterocycles. The zero-order chi connectivity index (χ0) is 15.1. The molecule has 0 radical (unpaired) electrons. The molecule has 2 rings (SSSR count). The summed E-state index contributed by atoms with van der Waals surface area (Å²) in [6.07, 6.45) is 0. The molecule has 1 atom stereocenters. The van der Waals surface area contributed by atoms with E-state index in [1.807, 2.05) is 35.7 Å². The molecular formula is C14H21N3O2S2. The molecule has 7 heteroatoms. The van der Waals surface area contributed by atoms with Gasteiger partial charge in [0.15, 0.2) is 5.84 Å². The second-order valence-corrected chi connectivity index (χ2v) is 7.27. The van der Waals surface area contributed by atoms with Crippen LogP contribution in [0.4, 0.5) is 0 Å². The van der Waals surface area contributed by atoms with Crippen molar-refractivity contribution < 1.29 is 9.94 Å². The molecule has 0 amide bonds. The van der Waals surface area contributed by atoms with Crippen LogP contribution in [0.25, 0.3) is 0 Å². The van der Waals surface area contributed by atoms with E-state index in [2.05, 4.69) is 10.5 Å². The number of benzene rings is 1. The molecule has 4 N–H and O–H groups in total. The Kier molecular flexibility index (Phi) is 6.53. The van der Waals surface area contributed by atoms with Gasteiger partial charge in [0.2, 0.25) is 0 Å². The van der Waals surface area contributed by atoms with Crippen LogP contribution >= 0.6 is 23.5 Å². The molecule has 1 aromatic carbocycles. The fourth-order valence-corrected chi connectivity index (χ4v) is 4.80. The molecule has 116 valence electrons. The monoisotopic (exact) mass is 327 g/mol. The number of nitrogens with two attached hydrogens (primary N) is 1. The van der Waals surface area contributed by atoms with Gasteiger partial charge in [-0.05, 0) is 18.2 Å². The molecule has 1 saturated heterocycles. The van der Waals surface area contributed by atoms with Gasteiger partial charge in [0.1, 0.15) is 5.75 Å². The Hall–Kier alpha value is -1.05. The standard InChI is InChI=1S/C14H21N3O2S2/c1-19-13-3-2-10(14(15)17-18)6-11(13)7-16-8-12-9-20-4-5-21-12/h2-3,6,12,16,18H,4-5,7-9H2,1H3,(H2,15,17). The maximum absolute atomic E-state index is 8.76. The Bertz CT molecular complexity index is 491.